The first-order chi connectivity index (χ1) is 20.0. The zero-order valence-corrected chi connectivity index (χ0v) is 25.3. The summed E-state index contributed by atoms with van der Waals surface area (Å²) in [6.45, 7) is 2.28. The van der Waals surface area contributed by atoms with Crippen molar-refractivity contribution in [3.8, 4) is 5.75 Å². The van der Waals surface area contributed by atoms with E-state index in [1.807, 2.05) is 30.3 Å². The van der Waals surface area contributed by atoms with Crippen molar-refractivity contribution in [2.45, 2.75) is 81.0 Å². The van der Waals surface area contributed by atoms with Crippen LogP contribution in [0.15, 0.2) is 48.6 Å². The third-order valence-corrected chi connectivity index (χ3v) is 11.6. The maximum absolute atomic E-state index is 13.4. The van der Waals surface area contributed by atoms with Crippen LogP contribution in [0.2, 0.25) is 5.02 Å². The Morgan fingerprint density at radius 3 is 2.85 bits per heavy atom. The van der Waals surface area contributed by atoms with Gasteiger partial charge in [-0.2, -0.15) is 0 Å². The molecule has 41 heavy (non-hydrogen) atoms. The van der Waals surface area contributed by atoms with Crippen molar-refractivity contribution in [3.63, 3.8) is 0 Å². The monoisotopic (exact) mass is 592 g/mol. The van der Waals surface area contributed by atoms with Gasteiger partial charge in [0.05, 0.1) is 18.4 Å². The van der Waals surface area contributed by atoms with Gasteiger partial charge in [0.25, 0.3) is 5.91 Å². The SMILES string of the molecule is O=C1NS[C@H](CC2CC2)CC/C=C\[C@H](O)[C@@H]2CC[C@H]2CN2C[C@@]3(CCCc4cc(Cl)ccc43)COc3ccc1cc32. The number of nitrogens with zero attached hydrogens (tertiary/aromatic N) is 1. The Bertz CT molecular complexity index is 1330. The summed E-state index contributed by atoms with van der Waals surface area (Å²) in [6, 6.07) is 12.3. The molecule has 218 valence electrons. The Kier molecular flexibility index (Phi) is 7.76. The second-order valence-electron chi connectivity index (χ2n) is 13.1. The number of carbonyl (C=O) groups excluding carboxylic acids is 1. The number of hydrogen-bond acceptors (Lipinski definition) is 5. The molecule has 2 bridgehead atoms. The number of aryl methyl sites for hydroxylation is 1. The van der Waals surface area contributed by atoms with Crippen LogP contribution < -0.4 is 14.4 Å². The fraction of sp³-hybridized carbons (Fsp3) is 0.559. The first-order valence-corrected chi connectivity index (χ1v) is 16.8. The van der Waals surface area contributed by atoms with Gasteiger partial charge in [0, 0.05) is 34.3 Å². The van der Waals surface area contributed by atoms with Crippen LogP contribution in [0.4, 0.5) is 5.69 Å². The van der Waals surface area contributed by atoms with Crippen LogP contribution in [0.1, 0.15) is 79.3 Å². The zero-order chi connectivity index (χ0) is 28.0. The quantitative estimate of drug-likeness (QED) is 0.288. The average molecular weight is 593 g/mol. The second kappa shape index (κ2) is 11.5. The molecule has 1 amide bonds. The van der Waals surface area contributed by atoms with Gasteiger partial charge in [0.15, 0.2) is 0 Å². The number of carbonyl (C=O) groups is 1. The third kappa shape index (κ3) is 5.77. The summed E-state index contributed by atoms with van der Waals surface area (Å²) in [5.41, 5.74) is 4.20. The molecule has 2 heterocycles. The number of hydrogen-bond donors (Lipinski definition) is 2. The van der Waals surface area contributed by atoms with Gasteiger partial charge in [-0.25, -0.2) is 0 Å². The summed E-state index contributed by atoms with van der Waals surface area (Å²) in [5.74, 6) is 2.27. The van der Waals surface area contributed by atoms with E-state index in [4.69, 9.17) is 16.3 Å². The molecule has 5 aliphatic rings. The van der Waals surface area contributed by atoms with Gasteiger partial charge >= 0.3 is 0 Å². The van der Waals surface area contributed by atoms with Gasteiger partial charge < -0.3 is 14.7 Å². The lowest BCUT2D eigenvalue weighted by molar-refractivity contribution is 0.0456. The predicted molar refractivity (Wildman–Crippen MR) is 167 cm³/mol. The number of amides is 1. The molecule has 2 aromatic rings. The second-order valence-corrected chi connectivity index (χ2v) is 14.7. The van der Waals surface area contributed by atoms with Crippen LogP contribution in [0.25, 0.3) is 0 Å². The highest BCUT2D eigenvalue weighted by Crippen LogP contribution is 2.47. The molecule has 5 nitrogen and oxygen atoms in total. The van der Waals surface area contributed by atoms with Gasteiger partial charge in [-0.05, 0) is 123 Å². The molecule has 0 unspecified atom stereocenters. The number of nitrogens with one attached hydrogen (secondary N) is 1. The molecule has 1 spiro atoms. The number of aliphatic hydroxyl groups excluding tert-OH is 1. The number of benzene rings is 2. The van der Waals surface area contributed by atoms with Gasteiger partial charge in [-0.1, -0.05) is 42.7 Å². The first kappa shape index (κ1) is 27.7. The maximum atomic E-state index is 13.4. The highest BCUT2D eigenvalue weighted by Gasteiger charge is 2.44. The van der Waals surface area contributed by atoms with E-state index in [9.17, 15) is 9.90 Å². The molecule has 2 aromatic carbocycles. The number of ether oxygens (including phenoxy) is 1. The molecule has 2 N–H and O–H groups in total. The maximum Gasteiger partial charge on any atom is 0.261 e. The van der Waals surface area contributed by atoms with E-state index in [2.05, 4.69) is 27.8 Å². The Balaban J connectivity index is 1.24. The van der Waals surface area contributed by atoms with Gasteiger partial charge in [-0.15, -0.1) is 0 Å². The van der Waals surface area contributed by atoms with Crippen molar-refractivity contribution in [3.05, 3.63) is 70.3 Å². The van der Waals surface area contributed by atoms with Crippen molar-refractivity contribution >= 4 is 35.1 Å². The number of allylic oxidation sites excluding steroid dienone is 1. The fourth-order valence-corrected chi connectivity index (χ4v) is 8.82. The Morgan fingerprint density at radius 1 is 1.12 bits per heavy atom. The van der Waals surface area contributed by atoms with E-state index >= 15 is 0 Å². The standard InChI is InChI=1S/C34H41ClN2O3S/c35-26-11-13-29-23(17-26)4-3-15-34(29)20-37-19-25-9-12-28(25)31(38)6-2-1-5-27(16-22-7-8-22)41-36-33(39)24-10-14-32(40-21-34)30(37)18-24/h2,6,10-11,13-14,17-18,22,25,27-28,31,38H,1,3-5,7-9,12,15-16,19-21H2,(H,36,39)/b6-2-/t25-,27-,28+,31-,34-/m0/s1. The molecule has 2 aliphatic heterocycles. The summed E-state index contributed by atoms with van der Waals surface area (Å²) in [7, 11) is 0. The highest BCUT2D eigenvalue weighted by molar-refractivity contribution is 7.98. The Labute approximate surface area is 253 Å². The van der Waals surface area contributed by atoms with E-state index in [0.29, 0.717) is 23.3 Å². The highest BCUT2D eigenvalue weighted by atomic mass is 35.5. The van der Waals surface area contributed by atoms with Crippen molar-refractivity contribution in [1.82, 2.24) is 4.72 Å². The minimum atomic E-state index is -0.406. The van der Waals surface area contributed by atoms with E-state index in [1.165, 1.54) is 24.0 Å². The zero-order valence-electron chi connectivity index (χ0n) is 23.7. The summed E-state index contributed by atoms with van der Waals surface area (Å²) < 4.78 is 9.81. The lowest BCUT2D eigenvalue weighted by Crippen LogP contribution is -2.49. The largest absolute Gasteiger partial charge is 0.490 e. The average Bonchev–Trinajstić information content (AvgIpc) is 3.78. The molecule has 2 saturated carbocycles. The van der Waals surface area contributed by atoms with Crippen LogP contribution in [-0.4, -0.2) is 42.1 Å². The molecular weight excluding hydrogens is 552 g/mol. The topological polar surface area (TPSA) is 61.8 Å². The van der Waals surface area contributed by atoms with E-state index in [1.54, 1.807) is 11.9 Å². The molecular formula is C34H41ClN2O3S. The number of anilines is 1. The normalized spacial score (nSPS) is 32.5. The van der Waals surface area contributed by atoms with Gasteiger partial charge in [-0.3, -0.25) is 9.52 Å². The smallest absolute Gasteiger partial charge is 0.261 e. The van der Waals surface area contributed by atoms with Crippen molar-refractivity contribution < 1.29 is 14.6 Å². The van der Waals surface area contributed by atoms with Crippen LogP contribution in [0.3, 0.4) is 0 Å². The Hall–Kier alpha value is -2.15. The number of aliphatic hydroxyl groups is 1. The van der Waals surface area contributed by atoms with E-state index in [-0.39, 0.29) is 17.2 Å². The first-order valence-electron chi connectivity index (χ1n) is 15.6. The minimum absolute atomic E-state index is 0.0326. The van der Waals surface area contributed by atoms with Crippen LogP contribution in [0, 0.1) is 17.8 Å². The van der Waals surface area contributed by atoms with Crippen molar-refractivity contribution in [1.29, 1.82) is 0 Å². The molecule has 5 atom stereocenters. The van der Waals surface area contributed by atoms with Crippen LogP contribution in [-0.2, 0) is 11.8 Å². The lowest BCUT2D eigenvalue weighted by Gasteiger charge is -2.45. The molecule has 7 heteroatoms. The molecule has 2 fully saturated rings. The third-order valence-electron chi connectivity index (χ3n) is 10.3. The fourth-order valence-electron chi connectivity index (χ4n) is 7.62. The molecule has 7 rings (SSSR count). The predicted octanol–water partition coefficient (Wildman–Crippen LogP) is 7.10. The summed E-state index contributed by atoms with van der Waals surface area (Å²) >= 11 is 8.00. The van der Waals surface area contributed by atoms with E-state index < -0.39 is 6.10 Å². The summed E-state index contributed by atoms with van der Waals surface area (Å²) in [5, 5.41) is 12.4. The van der Waals surface area contributed by atoms with Crippen molar-refractivity contribution in [2.75, 3.05) is 24.6 Å². The number of rotatable bonds is 2. The number of halogens is 1. The molecule has 0 aromatic heterocycles. The molecule has 0 saturated heterocycles. The minimum Gasteiger partial charge on any atom is -0.490 e. The number of fused-ring (bicyclic) bond motifs is 4. The molecule has 0 radical (unpaired) electrons. The summed E-state index contributed by atoms with van der Waals surface area (Å²) in [6.07, 6.45) is 14.9. The van der Waals surface area contributed by atoms with Gasteiger partial charge in [0.2, 0.25) is 0 Å². The van der Waals surface area contributed by atoms with E-state index in [0.717, 1.165) is 86.8 Å². The van der Waals surface area contributed by atoms with Gasteiger partial charge in [0.1, 0.15) is 5.75 Å². The van der Waals surface area contributed by atoms with Crippen LogP contribution in [0.5, 0.6) is 5.75 Å². The molecule has 3 aliphatic carbocycles. The Morgan fingerprint density at radius 2 is 2.02 bits per heavy atom. The van der Waals surface area contributed by atoms with Crippen LogP contribution >= 0.6 is 23.5 Å². The lowest BCUT2D eigenvalue weighted by atomic mass is 9.68. The summed E-state index contributed by atoms with van der Waals surface area (Å²) in [4.78, 5) is 15.9. The van der Waals surface area contributed by atoms with Crippen molar-refractivity contribution in [2.24, 2.45) is 17.8 Å².